The van der Waals surface area contributed by atoms with Crippen molar-refractivity contribution in [3.8, 4) is 11.5 Å². The van der Waals surface area contributed by atoms with Gasteiger partial charge in [-0.3, -0.25) is 4.79 Å². The molecular weight excluding hydrogens is 264 g/mol. The number of benzene rings is 1. The molecule has 1 aliphatic heterocycles. The first kappa shape index (κ1) is 14.4. The van der Waals surface area contributed by atoms with Crippen LogP contribution in [0.15, 0.2) is 12.1 Å². The Bertz CT molecular complexity index is 588. The van der Waals surface area contributed by atoms with E-state index in [4.69, 9.17) is 4.74 Å². The average molecular weight is 288 g/mol. The van der Waals surface area contributed by atoms with Crippen molar-refractivity contribution >= 4 is 5.78 Å². The first-order valence-corrected chi connectivity index (χ1v) is 7.87. The molecule has 2 aliphatic rings. The number of aromatic hydroxyl groups is 1. The molecule has 0 spiro atoms. The highest BCUT2D eigenvalue weighted by atomic mass is 16.5. The van der Waals surface area contributed by atoms with Gasteiger partial charge in [0.25, 0.3) is 0 Å². The highest BCUT2D eigenvalue weighted by molar-refractivity contribution is 5.97. The predicted octanol–water partition coefficient (Wildman–Crippen LogP) is 4.29. The van der Waals surface area contributed by atoms with E-state index in [1.807, 2.05) is 6.07 Å². The van der Waals surface area contributed by atoms with Gasteiger partial charge in [-0.25, -0.2) is 0 Å². The Morgan fingerprint density at radius 2 is 2.05 bits per heavy atom. The summed E-state index contributed by atoms with van der Waals surface area (Å²) in [5.74, 6) is 2.12. The van der Waals surface area contributed by atoms with Gasteiger partial charge in [0, 0.05) is 11.5 Å². The first-order valence-electron chi connectivity index (χ1n) is 7.87. The predicted molar refractivity (Wildman–Crippen MR) is 82.1 cm³/mol. The van der Waals surface area contributed by atoms with Crippen LogP contribution in [0, 0.1) is 11.8 Å². The van der Waals surface area contributed by atoms with Crippen molar-refractivity contribution in [2.24, 2.45) is 11.8 Å². The van der Waals surface area contributed by atoms with Crippen molar-refractivity contribution in [3.05, 3.63) is 23.3 Å². The van der Waals surface area contributed by atoms with Gasteiger partial charge in [0.15, 0.2) is 5.78 Å². The number of carbonyl (C=O) groups is 1. The van der Waals surface area contributed by atoms with Crippen molar-refractivity contribution in [1.82, 2.24) is 0 Å². The Labute approximate surface area is 126 Å². The van der Waals surface area contributed by atoms with Crippen molar-refractivity contribution in [3.63, 3.8) is 0 Å². The molecule has 0 radical (unpaired) electrons. The summed E-state index contributed by atoms with van der Waals surface area (Å²) in [5.41, 5.74) is 1.05. The molecule has 3 atom stereocenters. The van der Waals surface area contributed by atoms with E-state index in [0.717, 1.165) is 24.2 Å². The van der Waals surface area contributed by atoms with Crippen LogP contribution in [0.3, 0.4) is 0 Å². The molecule has 0 amide bonds. The van der Waals surface area contributed by atoms with Crippen LogP contribution >= 0.6 is 0 Å². The molecule has 1 heterocycles. The van der Waals surface area contributed by atoms with Crippen LogP contribution in [0.1, 0.15) is 68.8 Å². The third-order valence-corrected chi connectivity index (χ3v) is 5.31. The fourth-order valence-electron chi connectivity index (χ4n) is 4.21. The molecule has 1 N–H and O–H groups in total. The van der Waals surface area contributed by atoms with Gasteiger partial charge in [-0.15, -0.1) is 0 Å². The van der Waals surface area contributed by atoms with Crippen molar-refractivity contribution in [2.75, 3.05) is 0 Å². The molecule has 21 heavy (non-hydrogen) atoms. The molecule has 0 saturated heterocycles. The highest BCUT2D eigenvalue weighted by Gasteiger charge is 2.47. The summed E-state index contributed by atoms with van der Waals surface area (Å²) in [4.78, 5) is 11.7. The number of fused-ring (bicyclic) bond motifs is 3. The van der Waals surface area contributed by atoms with E-state index in [1.165, 1.54) is 13.3 Å². The van der Waals surface area contributed by atoms with Gasteiger partial charge in [0.05, 0.1) is 5.56 Å². The number of Topliss-reactive ketones (excluding diaryl/α,β-unsaturated/α-hetero) is 1. The van der Waals surface area contributed by atoms with Crippen LogP contribution < -0.4 is 4.74 Å². The van der Waals surface area contributed by atoms with Crippen molar-refractivity contribution in [2.45, 2.75) is 58.5 Å². The van der Waals surface area contributed by atoms with E-state index < -0.39 is 0 Å². The molecule has 1 aromatic carbocycles. The number of phenols is 1. The summed E-state index contributed by atoms with van der Waals surface area (Å²) in [5, 5.41) is 10.6. The molecule has 3 nitrogen and oxygen atoms in total. The minimum atomic E-state index is -0.220. The smallest absolute Gasteiger partial charge is 0.163 e. The van der Waals surface area contributed by atoms with Crippen LogP contribution in [0.4, 0.5) is 0 Å². The summed E-state index contributed by atoms with van der Waals surface area (Å²) in [7, 11) is 0. The van der Waals surface area contributed by atoms with E-state index in [-0.39, 0.29) is 23.1 Å². The molecule has 1 aliphatic carbocycles. The Kier molecular flexibility index (Phi) is 3.27. The van der Waals surface area contributed by atoms with Gasteiger partial charge < -0.3 is 9.84 Å². The SMILES string of the molecule is CC(=O)c1ccc2c(c1O)C1CC(C)CCC1C(C)(C)O2. The highest BCUT2D eigenvalue weighted by Crippen LogP contribution is 2.55. The Morgan fingerprint density at radius 3 is 2.71 bits per heavy atom. The molecule has 1 aromatic rings. The van der Waals surface area contributed by atoms with E-state index in [2.05, 4.69) is 20.8 Å². The summed E-state index contributed by atoms with van der Waals surface area (Å²) in [6.07, 6.45) is 3.37. The van der Waals surface area contributed by atoms with Gasteiger partial charge in [-0.2, -0.15) is 0 Å². The van der Waals surface area contributed by atoms with E-state index in [1.54, 1.807) is 6.07 Å². The zero-order valence-electron chi connectivity index (χ0n) is 13.3. The number of carbonyl (C=O) groups excluding carboxylic acids is 1. The maximum Gasteiger partial charge on any atom is 0.163 e. The third kappa shape index (κ3) is 2.23. The summed E-state index contributed by atoms with van der Waals surface area (Å²) >= 11 is 0. The third-order valence-electron chi connectivity index (χ3n) is 5.31. The van der Waals surface area contributed by atoms with Crippen LogP contribution in [0.25, 0.3) is 0 Å². The summed E-state index contributed by atoms with van der Waals surface area (Å²) in [6.45, 7) is 8.04. The zero-order valence-corrected chi connectivity index (χ0v) is 13.3. The lowest BCUT2D eigenvalue weighted by atomic mass is 9.64. The van der Waals surface area contributed by atoms with Gasteiger partial charge in [0.2, 0.25) is 0 Å². The molecular formula is C18H24O3. The number of ketones is 1. The molecule has 3 rings (SSSR count). The maximum absolute atomic E-state index is 11.7. The zero-order chi connectivity index (χ0) is 15.4. The van der Waals surface area contributed by atoms with Crippen LogP contribution in [0.5, 0.6) is 11.5 Å². The number of hydrogen-bond donors (Lipinski definition) is 1. The number of ether oxygens (including phenoxy) is 1. The average Bonchev–Trinajstić information content (AvgIpc) is 2.37. The second kappa shape index (κ2) is 4.75. The largest absolute Gasteiger partial charge is 0.507 e. The molecule has 3 unspecified atom stereocenters. The van der Waals surface area contributed by atoms with Gasteiger partial charge in [-0.05, 0) is 57.6 Å². The monoisotopic (exact) mass is 288 g/mol. The summed E-state index contributed by atoms with van der Waals surface area (Å²) < 4.78 is 6.17. The van der Waals surface area contributed by atoms with E-state index >= 15 is 0 Å². The van der Waals surface area contributed by atoms with Crippen LogP contribution in [-0.2, 0) is 0 Å². The van der Waals surface area contributed by atoms with Crippen molar-refractivity contribution < 1.29 is 14.6 Å². The summed E-state index contributed by atoms with van der Waals surface area (Å²) in [6, 6.07) is 3.53. The molecule has 3 heteroatoms. The molecule has 0 aromatic heterocycles. The van der Waals surface area contributed by atoms with Gasteiger partial charge >= 0.3 is 0 Å². The van der Waals surface area contributed by atoms with Gasteiger partial charge in [-0.1, -0.05) is 13.3 Å². The minimum Gasteiger partial charge on any atom is -0.507 e. The van der Waals surface area contributed by atoms with Gasteiger partial charge in [0.1, 0.15) is 17.1 Å². The number of phenolic OH excluding ortho intramolecular Hbond substituents is 1. The quantitative estimate of drug-likeness (QED) is 0.784. The number of hydrogen-bond acceptors (Lipinski definition) is 3. The lowest BCUT2D eigenvalue weighted by Gasteiger charge is -2.48. The maximum atomic E-state index is 11.7. The fourth-order valence-corrected chi connectivity index (χ4v) is 4.21. The van der Waals surface area contributed by atoms with Crippen molar-refractivity contribution in [1.29, 1.82) is 0 Å². The Morgan fingerprint density at radius 1 is 1.33 bits per heavy atom. The lowest BCUT2D eigenvalue weighted by Crippen LogP contribution is -2.46. The molecule has 114 valence electrons. The molecule has 1 saturated carbocycles. The second-order valence-electron chi connectivity index (χ2n) is 7.27. The van der Waals surface area contributed by atoms with Crippen LogP contribution in [-0.4, -0.2) is 16.5 Å². The van der Waals surface area contributed by atoms with E-state index in [9.17, 15) is 9.90 Å². The minimum absolute atomic E-state index is 0.0967. The molecule has 1 fully saturated rings. The second-order valence-corrected chi connectivity index (χ2v) is 7.27. The topological polar surface area (TPSA) is 46.5 Å². The normalized spacial score (nSPS) is 30.0. The Hall–Kier alpha value is -1.51. The fraction of sp³-hybridized carbons (Fsp3) is 0.611. The number of rotatable bonds is 1. The van der Waals surface area contributed by atoms with E-state index in [0.29, 0.717) is 17.4 Å². The van der Waals surface area contributed by atoms with Crippen LogP contribution in [0.2, 0.25) is 0 Å². The first-order chi connectivity index (χ1) is 9.81. The standard InChI is InChI=1S/C18H24O3/c1-10-5-7-14-13(9-10)16-15(21-18(14,3)4)8-6-12(11(2)19)17(16)20/h6,8,10,13-14,20H,5,7,9H2,1-4H3. The molecule has 0 bridgehead atoms. The lowest BCUT2D eigenvalue weighted by molar-refractivity contribution is -0.0145. The Balaban J connectivity index is 2.16.